The van der Waals surface area contributed by atoms with Crippen LogP contribution in [0.3, 0.4) is 0 Å². The van der Waals surface area contributed by atoms with E-state index < -0.39 is 0 Å². The van der Waals surface area contributed by atoms with Gasteiger partial charge in [-0.25, -0.2) is 4.98 Å². The first-order valence-electron chi connectivity index (χ1n) is 8.95. The molecule has 9 nitrogen and oxygen atoms in total. The van der Waals surface area contributed by atoms with E-state index in [9.17, 15) is 9.59 Å². The number of amides is 2. The molecule has 2 amide bonds. The summed E-state index contributed by atoms with van der Waals surface area (Å²) in [7, 11) is 0. The Kier molecular flexibility index (Phi) is 4.80. The second-order valence-electron chi connectivity index (χ2n) is 6.64. The molecule has 1 fully saturated rings. The minimum absolute atomic E-state index is 0.00878. The van der Waals surface area contributed by atoms with Gasteiger partial charge in [0.25, 0.3) is 5.91 Å². The highest BCUT2D eigenvalue weighted by molar-refractivity contribution is 9.10. The molecule has 0 spiro atoms. The van der Waals surface area contributed by atoms with Crippen molar-refractivity contribution < 1.29 is 14.0 Å². The fraction of sp³-hybridized carbons (Fsp3) is 0.333. The van der Waals surface area contributed by atoms with E-state index in [1.165, 1.54) is 4.52 Å². The van der Waals surface area contributed by atoms with Crippen molar-refractivity contribution in [2.45, 2.75) is 25.8 Å². The molecule has 0 aliphatic carbocycles. The molecule has 28 heavy (non-hydrogen) atoms. The van der Waals surface area contributed by atoms with E-state index in [0.717, 1.165) is 6.42 Å². The van der Waals surface area contributed by atoms with Crippen LogP contribution in [0, 0.1) is 0 Å². The number of anilines is 1. The minimum atomic E-state index is -0.146. The fourth-order valence-electron chi connectivity index (χ4n) is 3.25. The van der Waals surface area contributed by atoms with Gasteiger partial charge in [-0.1, -0.05) is 6.92 Å². The summed E-state index contributed by atoms with van der Waals surface area (Å²) in [5.74, 6) is 1.03. The predicted octanol–water partition coefficient (Wildman–Crippen LogP) is 2.07. The molecule has 0 bridgehead atoms. The Hall–Kier alpha value is -2.88. The summed E-state index contributed by atoms with van der Waals surface area (Å²) in [5, 5.41) is 7.27. The number of likely N-dealkylation sites (tertiary alicyclic amines) is 1. The first kappa shape index (κ1) is 18.5. The summed E-state index contributed by atoms with van der Waals surface area (Å²) in [6.45, 7) is 2.87. The van der Waals surface area contributed by atoms with Crippen LogP contribution in [-0.2, 0) is 4.79 Å². The standard InChI is InChI=1S/C18H19BrN6O3/c1-2-16(26)21-11-5-6-24(9-11)18(27)10-7-14(20)25-15(8-10)22-17(23-25)12-3-4-13(19)28-12/h3-4,7-8,11H,2,5-6,9,20H2,1H3,(H,21,26). The van der Waals surface area contributed by atoms with Crippen molar-refractivity contribution >= 4 is 39.2 Å². The van der Waals surface area contributed by atoms with E-state index in [-0.39, 0.29) is 17.9 Å². The van der Waals surface area contributed by atoms with Gasteiger partial charge in [0, 0.05) is 31.1 Å². The summed E-state index contributed by atoms with van der Waals surface area (Å²) in [5.41, 5.74) is 6.99. The van der Waals surface area contributed by atoms with Crippen molar-refractivity contribution in [3.8, 4) is 11.6 Å². The van der Waals surface area contributed by atoms with Crippen molar-refractivity contribution in [3.63, 3.8) is 0 Å². The molecule has 10 heteroatoms. The molecule has 0 saturated carbocycles. The summed E-state index contributed by atoms with van der Waals surface area (Å²) in [4.78, 5) is 30.6. The van der Waals surface area contributed by atoms with Gasteiger partial charge in [0.15, 0.2) is 16.1 Å². The lowest BCUT2D eigenvalue weighted by Gasteiger charge is -2.17. The Bertz CT molecular complexity index is 1060. The molecule has 0 radical (unpaired) electrons. The van der Waals surface area contributed by atoms with Gasteiger partial charge in [0.2, 0.25) is 11.7 Å². The molecule has 1 unspecified atom stereocenters. The zero-order valence-electron chi connectivity index (χ0n) is 15.2. The van der Waals surface area contributed by atoms with Crippen LogP contribution in [0.15, 0.2) is 33.4 Å². The highest BCUT2D eigenvalue weighted by Crippen LogP contribution is 2.24. The third kappa shape index (κ3) is 3.47. The third-order valence-electron chi connectivity index (χ3n) is 4.67. The Labute approximate surface area is 169 Å². The van der Waals surface area contributed by atoms with Crippen molar-refractivity contribution in [1.29, 1.82) is 0 Å². The maximum absolute atomic E-state index is 12.9. The zero-order valence-corrected chi connectivity index (χ0v) is 16.8. The minimum Gasteiger partial charge on any atom is -0.446 e. The number of hydrogen-bond acceptors (Lipinski definition) is 6. The monoisotopic (exact) mass is 446 g/mol. The quantitative estimate of drug-likeness (QED) is 0.632. The SMILES string of the molecule is CCC(=O)NC1CCN(C(=O)c2cc(N)n3nc(-c4ccc(Br)o4)nc3c2)C1. The van der Waals surface area contributed by atoms with Gasteiger partial charge in [0.1, 0.15) is 5.82 Å². The Morgan fingerprint density at radius 3 is 2.93 bits per heavy atom. The van der Waals surface area contributed by atoms with Gasteiger partial charge in [-0.15, -0.1) is 5.10 Å². The number of hydrogen-bond donors (Lipinski definition) is 2. The Morgan fingerprint density at radius 1 is 1.39 bits per heavy atom. The number of nitrogens with zero attached hydrogens (tertiary/aromatic N) is 4. The highest BCUT2D eigenvalue weighted by atomic mass is 79.9. The largest absolute Gasteiger partial charge is 0.446 e. The van der Waals surface area contributed by atoms with E-state index in [0.29, 0.717) is 52.8 Å². The maximum Gasteiger partial charge on any atom is 0.254 e. The Morgan fingerprint density at radius 2 is 2.21 bits per heavy atom. The predicted molar refractivity (Wildman–Crippen MR) is 106 cm³/mol. The number of nitrogens with one attached hydrogen (secondary N) is 1. The van der Waals surface area contributed by atoms with Crippen LogP contribution >= 0.6 is 15.9 Å². The van der Waals surface area contributed by atoms with Gasteiger partial charge >= 0.3 is 0 Å². The average Bonchev–Trinajstić information content (AvgIpc) is 3.40. The second kappa shape index (κ2) is 7.27. The molecule has 3 N–H and O–H groups in total. The maximum atomic E-state index is 12.9. The highest BCUT2D eigenvalue weighted by Gasteiger charge is 2.28. The molecule has 4 rings (SSSR count). The lowest BCUT2D eigenvalue weighted by Crippen LogP contribution is -2.38. The molecule has 1 aliphatic rings. The van der Waals surface area contributed by atoms with Crippen molar-refractivity contribution in [1.82, 2.24) is 24.8 Å². The summed E-state index contributed by atoms with van der Waals surface area (Å²) in [6.07, 6.45) is 1.16. The van der Waals surface area contributed by atoms with Crippen LogP contribution in [-0.4, -0.2) is 50.4 Å². The van der Waals surface area contributed by atoms with Gasteiger partial charge < -0.3 is 20.4 Å². The molecule has 4 heterocycles. The third-order valence-corrected chi connectivity index (χ3v) is 5.09. The summed E-state index contributed by atoms with van der Waals surface area (Å²) in [6, 6.07) is 6.72. The van der Waals surface area contributed by atoms with Crippen LogP contribution in [0.25, 0.3) is 17.2 Å². The van der Waals surface area contributed by atoms with E-state index in [2.05, 4.69) is 31.3 Å². The zero-order chi connectivity index (χ0) is 19.8. The van der Waals surface area contributed by atoms with E-state index in [1.807, 2.05) is 0 Å². The van der Waals surface area contributed by atoms with E-state index in [4.69, 9.17) is 10.2 Å². The number of carbonyl (C=O) groups is 2. The number of pyridine rings is 1. The fourth-order valence-corrected chi connectivity index (χ4v) is 3.55. The van der Waals surface area contributed by atoms with Crippen LogP contribution in [0.2, 0.25) is 0 Å². The van der Waals surface area contributed by atoms with Gasteiger partial charge in [-0.05, 0) is 46.6 Å². The first-order valence-corrected chi connectivity index (χ1v) is 9.74. The Balaban J connectivity index is 1.57. The molecule has 3 aromatic heterocycles. The van der Waals surface area contributed by atoms with Crippen LogP contribution < -0.4 is 11.1 Å². The van der Waals surface area contributed by atoms with Gasteiger partial charge in [-0.2, -0.15) is 4.52 Å². The number of fused-ring (bicyclic) bond motifs is 1. The average molecular weight is 447 g/mol. The van der Waals surface area contributed by atoms with Crippen LogP contribution in [0.5, 0.6) is 0 Å². The molecule has 1 atom stereocenters. The van der Waals surface area contributed by atoms with Crippen molar-refractivity contribution in [3.05, 3.63) is 34.5 Å². The molecular formula is C18H19BrN6O3. The number of carbonyl (C=O) groups excluding carboxylic acids is 2. The van der Waals surface area contributed by atoms with E-state index >= 15 is 0 Å². The molecule has 1 saturated heterocycles. The van der Waals surface area contributed by atoms with E-state index in [1.54, 1.807) is 36.1 Å². The number of rotatable bonds is 4. The molecule has 0 aromatic carbocycles. The first-order chi connectivity index (χ1) is 13.4. The molecule has 146 valence electrons. The van der Waals surface area contributed by atoms with Crippen LogP contribution in [0.4, 0.5) is 5.82 Å². The number of halogens is 1. The van der Waals surface area contributed by atoms with Crippen molar-refractivity contribution in [2.24, 2.45) is 0 Å². The van der Waals surface area contributed by atoms with Gasteiger partial charge in [0.05, 0.1) is 0 Å². The summed E-state index contributed by atoms with van der Waals surface area (Å²) >= 11 is 3.25. The molecule has 1 aliphatic heterocycles. The lowest BCUT2D eigenvalue weighted by atomic mass is 10.2. The van der Waals surface area contributed by atoms with Gasteiger partial charge in [-0.3, -0.25) is 9.59 Å². The lowest BCUT2D eigenvalue weighted by molar-refractivity contribution is -0.121. The number of aromatic nitrogens is 3. The molecular weight excluding hydrogens is 428 g/mol. The topological polar surface area (TPSA) is 119 Å². The van der Waals surface area contributed by atoms with Crippen LogP contribution in [0.1, 0.15) is 30.1 Å². The second-order valence-corrected chi connectivity index (χ2v) is 7.42. The van der Waals surface area contributed by atoms with Crippen molar-refractivity contribution in [2.75, 3.05) is 18.8 Å². The number of nitrogen functional groups attached to an aromatic ring is 1. The molecule has 3 aromatic rings. The normalized spacial score (nSPS) is 16.6. The smallest absolute Gasteiger partial charge is 0.254 e. The number of furan rings is 1. The number of nitrogens with two attached hydrogens (primary N) is 1. The summed E-state index contributed by atoms with van der Waals surface area (Å²) < 4.78 is 7.52.